The third kappa shape index (κ3) is 49.6. The molecule has 0 N–H and O–H groups in total. The van der Waals surface area contributed by atoms with Crippen molar-refractivity contribution in [2.24, 2.45) is 0 Å². The summed E-state index contributed by atoms with van der Waals surface area (Å²) in [6, 6.07) is 0. The van der Waals surface area contributed by atoms with Gasteiger partial charge in [-0.3, -0.25) is 0 Å². The average Bonchev–Trinajstić information content (AvgIpc) is 1.00. The minimum atomic E-state index is 0. The Morgan fingerprint density at radius 2 is 0.714 bits per heavy atom. The van der Waals surface area contributed by atoms with Crippen molar-refractivity contribution in [2.45, 2.75) is 4.94 Å². The first-order valence-electron chi connectivity index (χ1n) is 0.500. The molecule has 0 aliphatic heterocycles. The van der Waals surface area contributed by atoms with Gasteiger partial charge in [0.1, 0.15) is 0 Å². The fourth-order valence-corrected chi connectivity index (χ4v) is 0. The topological polar surface area (TPSA) is 0 Å². The molecule has 0 aromatic heterocycles. The summed E-state index contributed by atoms with van der Waals surface area (Å²) in [5, 5.41) is 0. The third-order valence-corrected chi connectivity index (χ3v) is 0. The van der Waals surface area contributed by atoms with Gasteiger partial charge < -0.3 is 49.6 Å². The number of hydrogen-bond acceptors (Lipinski definition) is 0. The van der Waals surface area contributed by atoms with E-state index in [2.05, 4.69) is 4.94 Å². The van der Waals surface area contributed by atoms with Crippen molar-refractivity contribution in [1.29, 1.82) is 0 Å². The van der Waals surface area contributed by atoms with E-state index in [4.69, 9.17) is 0 Å². The summed E-state index contributed by atoms with van der Waals surface area (Å²) in [6.07, 6.45) is 0. The second-order valence-corrected chi connectivity index (χ2v) is 0. The van der Waals surface area contributed by atoms with Crippen LogP contribution in [-0.4, -0.2) is 22.5 Å². The molecule has 0 aromatic carbocycles. The maximum Gasteiger partial charge on any atom is 1.00 e. The zero-order valence-corrected chi connectivity index (χ0v) is 11.9. The van der Waals surface area contributed by atoms with E-state index in [0.29, 0.717) is 0 Å². The summed E-state index contributed by atoms with van der Waals surface area (Å²) in [6.45, 7) is 0. The fraction of sp³-hybridized carbons (Fsp3) is 1.00. The van der Waals surface area contributed by atoms with Crippen LogP contribution in [-0.2, 0) is 0 Å². The zero-order chi connectivity index (χ0) is 2.00. The van der Waals surface area contributed by atoms with Crippen LogP contribution in [0.5, 0.6) is 0 Å². The molecule has 0 radical (unpaired) electrons. The third-order valence-electron chi connectivity index (χ3n) is 0. The molecule has 40 valence electrons. The molecule has 0 nitrogen and oxygen atoms in total. The molecule has 0 aliphatic carbocycles. The van der Waals surface area contributed by atoms with Crippen molar-refractivity contribution in [1.82, 2.24) is 0 Å². The van der Waals surface area contributed by atoms with Crippen molar-refractivity contribution < 1.29 is 79.2 Å². The van der Waals surface area contributed by atoms with Crippen molar-refractivity contribution in [3.8, 4) is 0 Å². The summed E-state index contributed by atoms with van der Waals surface area (Å²) >= 11 is 1.55. The molecule has 0 bridgehead atoms. The molecule has 0 spiro atoms. The molecular weight excluding hydrogens is 296 g/mol. The Morgan fingerprint density at radius 3 is 0.714 bits per heavy atom. The van der Waals surface area contributed by atoms with Gasteiger partial charge in [0.2, 0.25) is 0 Å². The summed E-state index contributed by atoms with van der Waals surface area (Å²) in [5.74, 6) is 0. The standard InChI is InChI=1S/CH3.4ClH.Na.Sn/h1H3;4*1H;;/q;;;;;+1;+3/p-4. The van der Waals surface area contributed by atoms with E-state index in [1.54, 1.807) is 22.5 Å². The molecule has 0 saturated heterocycles. The Balaban J connectivity index is -0.000000000500. The molecule has 0 fully saturated rings. The normalized spacial score (nSPS) is 1.00. The molecule has 0 saturated carbocycles. The van der Waals surface area contributed by atoms with Crippen LogP contribution in [0.15, 0.2) is 0 Å². The van der Waals surface area contributed by atoms with Gasteiger partial charge >= 0.3 is 57.0 Å². The Morgan fingerprint density at radius 1 is 0.714 bits per heavy atom. The van der Waals surface area contributed by atoms with E-state index in [1.165, 1.54) is 0 Å². The molecule has 0 amide bonds. The van der Waals surface area contributed by atoms with Crippen LogP contribution in [0.3, 0.4) is 0 Å². The van der Waals surface area contributed by atoms with Gasteiger partial charge in [-0.1, -0.05) is 0 Å². The maximum atomic E-state index is 2.09. The van der Waals surface area contributed by atoms with Crippen LogP contribution in [0.1, 0.15) is 0 Å². The summed E-state index contributed by atoms with van der Waals surface area (Å²) in [7, 11) is 0. The van der Waals surface area contributed by atoms with Gasteiger partial charge in [0.15, 0.2) is 0 Å². The predicted octanol–water partition coefficient (Wildman–Crippen LogP) is -14.8. The van der Waals surface area contributed by atoms with Crippen molar-refractivity contribution in [3.05, 3.63) is 0 Å². The first-order valence-corrected chi connectivity index (χ1v) is 3.35. The predicted molar refractivity (Wildman–Crippen MR) is 11.6 cm³/mol. The van der Waals surface area contributed by atoms with Crippen LogP contribution in [0, 0.1) is 0 Å². The molecule has 0 aromatic rings. The van der Waals surface area contributed by atoms with E-state index in [9.17, 15) is 0 Å². The first-order chi connectivity index (χ1) is 1.00. The largest absolute Gasteiger partial charge is 1.00 e. The Bertz CT molecular complexity index is 11.7. The van der Waals surface area contributed by atoms with Gasteiger partial charge in [-0.25, -0.2) is 0 Å². The second kappa shape index (κ2) is 64.8. The van der Waals surface area contributed by atoms with Gasteiger partial charge in [-0.05, 0) is 0 Å². The summed E-state index contributed by atoms with van der Waals surface area (Å²) < 4.78 is 0. The SMILES string of the molecule is [CH3][Sn+3].[Cl-].[Cl-].[Cl-].[Cl-].[Na+]. The van der Waals surface area contributed by atoms with E-state index in [-0.39, 0.29) is 79.2 Å². The molecular formula is CH3Cl4NaSn. The molecule has 0 atom stereocenters. The van der Waals surface area contributed by atoms with Crippen LogP contribution < -0.4 is 79.2 Å². The smallest absolute Gasteiger partial charge is 1.00 e. The molecule has 0 heterocycles. The van der Waals surface area contributed by atoms with Crippen LogP contribution in [0.2, 0.25) is 4.94 Å². The van der Waals surface area contributed by atoms with Gasteiger partial charge in [0.05, 0.1) is 0 Å². The van der Waals surface area contributed by atoms with E-state index >= 15 is 0 Å². The van der Waals surface area contributed by atoms with Gasteiger partial charge in [-0.2, -0.15) is 0 Å². The average molecular weight is 299 g/mol. The molecule has 7 heavy (non-hydrogen) atoms. The van der Waals surface area contributed by atoms with Crippen molar-refractivity contribution in [3.63, 3.8) is 0 Å². The van der Waals surface area contributed by atoms with Crippen LogP contribution >= 0.6 is 0 Å². The van der Waals surface area contributed by atoms with Crippen molar-refractivity contribution in [2.75, 3.05) is 0 Å². The molecule has 0 aliphatic rings. The first kappa shape index (κ1) is 51.0. The Labute approximate surface area is 105 Å². The van der Waals surface area contributed by atoms with Gasteiger partial charge in [0, 0.05) is 0 Å². The van der Waals surface area contributed by atoms with Gasteiger partial charge in [0.25, 0.3) is 0 Å². The quantitative estimate of drug-likeness (QED) is 0.390. The maximum absolute atomic E-state index is 2.09. The number of halogens is 4. The minimum absolute atomic E-state index is 0. The number of rotatable bonds is 0. The van der Waals surface area contributed by atoms with E-state index < -0.39 is 0 Å². The molecule has 0 unspecified atom stereocenters. The fourth-order valence-electron chi connectivity index (χ4n) is 0. The second-order valence-electron chi connectivity index (χ2n) is 0. The molecule has 0 rings (SSSR count). The van der Waals surface area contributed by atoms with E-state index in [1.807, 2.05) is 0 Å². The Kier molecular flexibility index (Phi) is 472. The Hall–Kier alpha value is 2.96. The number of hydrogen-bond donors (Lipinski definition) is 0. The summed E-state index contributed by atoms with van der Waals surface area (Å²) in [4.78, 5) is 2.09. The minimum Gasteiger partial charge on any atom is -1.00 e. The zero-order valence-electron chi connectivity index (χ0n) is 4.01. The van der Waals surface area contributed by atoms with E-state index in [0.717, 1.165) is 0 Å². The van der Waals surface area contributed by atoms with Crippen molar-refractivity contribution >= 4 is 22.5 Å². The van der Waals surface area contributed by atoms with Crippen LogP contribution in [0.25, 0.3) is 0 Å². The van der Waals surface area contributed by atoms with Gasteiger partial charge in [-0.15, -0.1) is 0 Å². The molecule has 6 heteroatoms. The summed E-state index contributed by atoms with van der Waals surface area (Å²) in [5.41, 5.74) is 0. The van der Waals surface area contributed by atoms with Crippen LogP contribution in [0.4, 0.5) is 0 Å². The monoisotopic (exact) mass is 298 g/mol.